The van der Waals surface area contributed by atoms with Gasteiger partial charge in [0.1, 0.15) is 0 Å². The van der Waals surface area contributed by atoms with Gasteiger partial charge in [0.15, 0.2) is 0 Å². The van der Waals surface area contributed by atoms with Gasteiger partial charge in [0.2, 0.25) is 0 Å². The molecule has 0 amide bonds. The number of nitrogens with two attached hydrogens (primary N) is 1. The van der Waals surface area contributed by atoms with Crippen LogP contribution in [0.25, 0.3) is 10.8 Å². The summed E-state index contributed by atoms with van der Waals surface area (Å²) < 4.78 is 0. The SMILES string of the molecule is Cl.NCC(Cc1ccccc1)c1cccc2ccccc12. The third kappa shape index (κ3) is 3.44. The van der Waals surface area contributed by atoms with Gasteiger partial charge in [-0.1, -0.05) is 72.8 Å². The van der Waals surface area contributed by atoms with Crippen LogP contribution in [-0.4, -0.2) is 6.54 Å². The van der Waals surface area contributed by atoms with Crippen LogP contribution in [0.2, 0.25) is 0 Å². The highest BCUT2D eigenvalue weighted by Gasteiger charge is 2.13. The second-order valence-corrected chi connectivity index (χ2v) is 5.19. The Morgan fingerprint density at radius 2 is 1.43 bits per heavy atom. The van der Waals surface area contributed by atoms with Gasteiger partial charge in [-0.25, -0.2) is 0 Å². The summed E-state index contributed by atoms with van der Waals surface area (Å²) in [5, 5.41) is 2.61. The number of hydrogen-bond acceptors (Lipinski definition) is 1. The molecule has 0 aliphatic rings. The number of benzene rings is 3. The Balaban J connectivity index is 0.00000161. The number of rotatable bonds is 4. The Morgan fingerprint density at radius 3 is 2.19 bits per heavy atom. The Hall–Kier alpha value is -1.83. The van der Waals surface area contributed by atoms with Crippen LogP contribution >= 0.6 is 12.4 Å². The van der Waals surface area contributed by atoms with Crippen molar-refractivity contribution in [3.05, 3.63) is 83.9 Å². The number of hydrogen-bond donors (Lipinski definition) is 1. The lowest BCUT2D eigenvalue weighted by Gasteiger charge is -2.17. The van der Waals surface area contributed by atoms with Gasteiger partial charge in [0.05, 0.1) is 0 Å². The van der Waals surface area contributed by atoms with Crippen LogP contribution in [0.15, 0.2) is 72.8 Å². The third-order valence-corrected chi connectivity index (χ3v) is 3.87. The van der Waals surface area contributed by atoms with Crippen molar-refractivity contribution in [2.75, 3.05) is 6.54 Å². The molecule has 1 atom stereocenters. The molecular weight excluding hydrogens is 278 g/mol. The second kappa shape index (κ2) is 7.26. The van der Waals surface area contributed by atoms with Crippen LogP contribution in [0, 0.1) is 0 Å². The summed E-state index contributed by atoms with van der Waals surface area (Å²) in [5.74, 6) is 0.364. The van der Waals surface area contributed by atoms with Gasteiger partial charge in [-0.15, -0.1) is 12.4 Å². The lowest BCUT2D eigenvalue weighted by Crippen LogP contribution is -2.15. The first kappa shape index (κ1) is 15.6. The molecule has 21 heavy (non-hydrogen) atoms. The van der Waals surface area contributed by atoms with Crippen molar-refractivity contribution >= 4 is 23.2 Å². The Labute approximate surface area is 132 Å². The summed E-state index contributed by atoms with van der Waals surface area (Å²) in [6.07, 6.45) is 0.991. The predicted molar refractivity (Wildman–Crippen MR) is 93.1 cm³/mol. The fourth-order valence-electron chi connectivity index (χ4n) is 2.83. The zero-order valence-electron chi connectivity index (χ0n) is 11.9. The quantitative estimate of drug-likeness (QED) is 0.751. The first-order valence-electron chi connectivity index (χ1n) is 7.10. The summed E-state index contributed by atoms with van der Waals surface area (Å²) in [6, 6.07) is 25.6. The van der Waals surface area contributed by atoms with Gasteiger partial charge < -0.3 is 5.73 Å². The zero-order valence-corrected chi connectivity index (χ0v) is 12.7. The van der Waals surface area contributed by atoms with Crippen molar-refractivity contribution in [1.82, 2.24) is 0 Å². The van der Waals surface area contributed by atoms with Gasteiger partial charge in [-0.05, 0) is 34.9 Å². The van der Waals surface area contributed by atoms with Gasteiger partial charge in [0, 0.05) is 5.92 Å². The Kier molecular flexibility index (Phi) is 5.38. The summed E-state index contributed by atoms with van der Waals surface area (Å²) >= 11 is 0. The van der Waals surface area contributed by atoms with Gasteiger partial charge in [0.25, 0.3) is 0 Å². The van der Waals surface area contributed by atoms with Gasteiger partial charge >= 0.3 is 0 Å². The first-order chi connectivity index (χ1) is 9.88. The molecule has 3 aromatic rings. The number of halogens is 1. The maximum atomic E-state index is 6.04. The highest BCUT2D eigenvalue weighted by Crippen LogP contribution is 2.27. The van der Waals surface area contributed by atoms with Crippen LogP contribution in [0.1, 0.15) is 17.0 Å². The van der Waals surface area contributed by atoms with E-state index >= 15 is 0 Å². The molecule has 0 spiro atoms. The largest absolute Gasteiger partial charge is 0.330 e. The first-order valence-corrected chi connectivity index (χ1v) is 7.10. The molecule has 0 aromatic heterocycles. The molecular formula is C19H20ClN. The summed E-state index contributed by atoms with van der Waals surface area (Å²) in [7, 11) is 0. The summed E-state index contributed by atoms with van der Waals surface area (Å²) in [4.78, 5) is 0. The molecule has 2 heteroatoms. The van der Waals surface area contributed by atoms with Crippen molar-refractivity contribution in [3.8, 4) is 0 Å². The molecule has 0 saturated heterocycles. The molecule has 108 valence electrons. The molecule has 0 bridgehead atoms. The Morgan fingerprint density at radius 1 is 0.762 bits per heavy atom. The maximum Gasteiger partial charge on any atom is 0.000772 e. The van der Waals surface area contributed by atoms with Crippen LogP contribution in [-0.2, 0) is 6.42 Å². The van der Waals surface area contributed by atoms with Gasteiger partial charge in [-0.2, -0.15) is 0 Å². The fraction of sp³-hybridized carbons (Fsp3) is 0.158. The third-order valence-electron chi connectivity index (χ3n) is 3.87. The van der Waals surface area contributed by atoms with Crippen LogP contribution in [0.4, 0.5) is 0 Å². The molecule has 3 aromatic carbocycles. The van der Waals surface area contributed by atoms with E-state index in [0.29, 0.717) is 12.5 Å². The highest BCUT2D eigenvalue weighted by atomic mass is 35.5. The molecule has 1 unspecified atom stereocenters. The lowest BCUT2D eigenvalue weighted by atomic mass is 9.88. The molecule has 1 nitrogen and oxygen atoms in total. The molecule has 0 aliphatic heterocycles. The van der Waals surface area contributed by atoms with E-state index in [4.69, 9.17) is 5.73 Å². The Bertz CT molecular complexity index is 689. The van der Waals surface area contributed by atoms with E-state index in [0.717, 1.165) is 6.42 Å². The second-order valence-electron chi connectivity index (χ2n) is 5.19. The van der Waals surface area contributed by atoms with E-state index in [1.54, 1.807) is 0 Å². The van der Waals surface area contributed by atoms with E-state index in [-0.39, 0.29) is 12.4 Å². The van der Waals surface area contributed by atoms with E-state index in [1.807, 2.05) is 0 Å². The predicted octanol–water partition coefficient (Wildman–Crippen LogP) is 4.55. The van der Waals surface area contributed by atoms with Crippen molar-refractivity contribution < 1.29 is 0 Å². The molecule has 0 aliphatic carbocycles. The molecule has 0 saturated carbocycles. The van der Waals surface area contributed by atoms with Crippen LogP contribution in [0.3, 0.4) is 0 Å². The summed E-state index contributed by atoms with van der Waals surface area (Å²) in [5.41, 5.74) is 8.74. The minimum atomic E-state index is 0. The molecule has 0 fully saturated rings. The molecule has 2 N–H and O–H groups in total. The van der Waals surface area contributed by atoms with E-state index in [1.165, 1.54) is 21.9 Å². The average molecular weight is 298 g/mol. The average Bonchev–Trinajstić information content (AvgIpc) is 2.53. The van der Waals surface area contributed by atoms with Crippen LogP contribution in [0.5, 0.6) is 0 Å². The van der Waals surface area contributed by atoms with E-state index < -0.39 is 0 Å². The maximum absolute atomic E-state index is 6.04. The highest BCUT2D eigenvalue weighted by molar-refractivity contribution is 5.86. The standard InChI is InChI=1S/C19H19N.ClH/c20-14-17(13-15-7-2-1-3-8-15)19-12-6-10-16-9-4-5-11-18(16)19;/h1-12,17H,13-14,20H2;1H. The van der Waals surface area contributed by atoms with Crippen molar-refractivity contribution in [3.63, 3.8) is 0 Å². The van der Waals surface area contributed by atoms with Crippen molar-refractivity contribution in [2.24, 2.45) is 5.73 Å². The lowest BCUT2D eigenvalue weighted by molar-refractivity contribution is 0.700. The van der Waals surface area contributed by atoms with Crippen molar-refractivity contribution in [1.29, 1.82) is 0 Å². The van der Waals surface area contributed by atoms with Crippen LogP contribution < -0.4 is 5.73 Å². The minimum absolute atomic E-state index is 0. The fourth-order valence-corrected chi connectivity index (χ4v) is 2.83. The summed E-state index contributed by atoms with van der Waals surface area (Å²) in [6.45, 7) is 0.670. The smallest absolute Gasteiger partial charge is 0.000772 e. The normalized spacial score (nSPS) is 11.9. The van der Waals surface area contributed by atoms with E-state index in [2.05, 4.69) is 72.8 Å². The van der Waals surface area contributed by atoms with E-state index in [9.17, 15) is 0 Å². The molecule has 0 radical (unpaired) electrons. The minimum Gasteiger partial charge on any atom is -0.330 e. The van der Waals surface area contributed by atoms with Gasteiger partial charge in [-0.3, -0.25) is 0 Å². The van der Waals surface area contributed by atoms with Crippen molar-refractivity contribution in [2.45, 2.75) is 12.3 Å². The molecule has 0 heterocycles. The molecule has 3 rings (SSSR count). The number of fused-ring (bicyclic) bond motifs is 1. The zero-order chi connectivity index (χ0) is 13.8. The topological polar surface area (TPSA) is 26.0 Å². The monoisotopic (exact) mass is 297 g/mol.